The molecule has 7 heteroatoms. The van der Waals surface area contributed by atoms with Crippen LogP contribution in [-0.4, -0.2) is 136 Å². The molecule has 5 aromatic carbocycles. The van der Waals surface area contributed by atoms with E-state index in [2.05, 4.69) is 181 Å². The molecule has 2 aliphatic rings. The van der Waals surface area contributed by atoms with E-state index in [1.807, 2.05) is 54.6 Å². The van der Waals surface area contributed by atoms with Crippen molar-refractivity contribution in [3.63, 3.8) is 0 Å². The second-order valence-corrected chi connectivity index (χ2v) is 18.1. The monoisotopic (exact) mass is 842 g/mol. The van der Waals surface area contributed by atoms with Gasteiger partial charge in [0.15, 0.2) is 0 Å². The maximum absolute atomic E-state index is 3.91. The van der Waals surface area contributed by atoms with Gasteiger partial charge in [-0.1, -0.05) is 166 Å². The molecule has 0 unspecified atom stereocenters. The van der Waals surface area contributed by atoms with E-state index in [0.717, 1.165) is 6.54 Å². The van der Waals surface area contributed by atoms with Crippen LogP contribution in [0.4, 0.5) is 0 Å². The van der Waals surface area contributed by atoms with Gasteiger partial charge in [0, 0.05) is 52.4 Å². The summed E-state index contributed by atoms with van der Waals surface area (Å²) in [5.41, 5.74) is 16.1. The third-order valence-electron chi connectivity index (χ3n) is 11.7. The summed E-state index contributed by atoms with van der Waals surface area (Å²) in [5.74, 6) is 0. The molecule has 326 valence electrons. The number of rotatable bonds is 4. The minimum atomic E-state index is -1.37. The maximum atomic E-state index is 3.91. The molecule has 62 heavy (non-hydrogen) atoms. The number of nitrogens with zero attached hydrogens (tertiary/aromatic N) is 5. The summed E-state index contributed by atoms with van der Waals surface area (Å²) in [6.07, 6.45) is 6.36. The van der Waals surface area contributed by atoms with Gasteiger partial charge >= 0.3 is 23.1 Å². The van der Waals surface area contributed by atoms with Crippen LogP contribution in [-0.2, 0) is 0 Å². The number of aryl methyl sites for hydroxylation is 8. The molecular formula is C55H76BMgN5. The number of hydrogen-bond acceptors (Lipinski definition) is 4. The number of allylic oxidation sites excluding steroid dienone is 2. The fourth-order valence-corrected chi connectivity index (χ4v) is 8.76. The van der Waals surface area contributed by atoms with Crippen LogP contribution in [0, 0.1) is 55.4 Å². The first-order chi connectivity index (χ1) is 29.1. The fraction of sp³-hybridized carbons (Fsp3) is 0.382. The largest absolute Gasteiger partial charge is 2.00 e. The summed E-state index contributed by atoms with van der Waals surface area (Å²) in [6.45, 7) is 28.0. The molecule has 7 rings (SSSR count). The Hall–Kier alpha value is -3.95. The Bertz CT molecular complexity index is 1760. The van der Waals surface area contributed by atoms with Crippen molar-refractivity contribution in [1.82, 2.24) is 19.6 Å². The molecule has 1 saturated heterocycles. The van der Waals surface area contributed by atoms with Gasteiger partial charge in [-0.3, -0.25) is 0 Å². The summed E-state index contributed by atoms with van der Waals surface area (Å²) < 4.78 is 0. The molecule has 0 amide bonds. The van der Waals surface area contributed by atoms with Crippen molar-refractivity contribution < 1.29 is 0 Å². The molecule has 5 aromatic rings. The van der Waals surface area contributed by atoms with Crippen LogP contribution in [0.5, 0.6) is 0 Å². The second-order valence-electron chi connectivity index (χ2n) is 18.1. The van der Waals surface area contributed by atoms with E-state index in [1.54, 1.807) is 6.20 Å². The van der Waals surface area contributed by atoms with Gasteiger partial charge in [0.05, 0.1) is 0 Å². The van der Waals surface area contributed by atoms with Crippen LogP contribution in [0.2, 0.25) is 0 Å². The molecule has 0 N–H and O–H groups in total. The second kappa shape index (κ2) is 26.6. The van der Waals surface area contributed by atoms with E-state index < -0.39 is 6.15 Å². The summed E-state index contributed by atoms with van der Waals surface area (Å²) in [7, 11) is 8.89. The average Bonchev–Trinajstić information content (AvgIpc) is 3.21. The van der Waals surface area contributed by atoms with Crippen molar-refractivity contribution >= 4 is 51.0 Å². The van der Waals surface area contributed by atoms with Crippen molar-refractivity contribution in [3.05, 3.63) is 183 Å². The molecule has 0 spiro atoms. The van der Waals surface area contributed by atoms with E-state index in [4.69, 9.17) is 0 Å². The van der Waals surface area contributed by atoms with E-state index >= 15 is 0 Å². The molecule has 0 aromatic heterocycles. The minimum absolute atomic E-state index is 0. The van der Waals surface area contributed by atoms with Crippen molar-refractivity contribution in [2.45, 2.75) is 55.4 Å². The first-order valence-corrected chi connectivity index (χ1v) is 22.4. The topological polar surface area (TPSA) is 27.1 Å². The molecule has 0 bridgehead atoms. The average molecular weight is 842 g/mol. The molecule has 2 aliphatic heterocycles. The van der Waals surface area contributed by atoms with Gasteiger partial charge in [-0.15, -0.1) is 12.6 Å². The Balaban J connectivity index is 0.000000289. The van der Waals surface area contributed by atoms with Gasteiger partial charge < -0.3 is 24.9 Å². The zero-order valence-corrected chi connectivity index (χ0v) is 42.0. The fourth-order valence-electron chi connectivity index (χ4n) is 8.76. The molecule has 0 atom stereocenters. The maximum Gasteiger partial charge on any atom is 2.00 e. The molecule has 2 heterocycles. The number of benzene rings is 5. The van der Waals surface area contributed by atoms with Crippen LogP contribution < -0.4 is 21.9 Å². The van der Waals surface area contributed by atoms with Crippen molar-refractivity contribution in [3.8, 4) is 0 Å². The van der Waals surface area contributed by atoms with E-state index in [9.17, 15) is 0 Å². The predicted molar refractivity (Wildman–Crippen MR) is 277 cm³/mol. The van der Waals surface area contributed by atoms with Crippen LogP contribution in [0.3, 0.4) is 0 Å². The Morgan fingerprint density at radius 3 is 0.726 bits per heavy atom. The van der Waals surface area contributed by atoms with Crippen LogP contribution in [0.25, 0.3) is 5.32 Å². The third kappa shape index (κ3) is 17.0. The Morgan fingerprint density at radius 2 is 0.581 bits per heavy atom. The van der Waals surface area contributed by atoms with E-state index in [1.165, 1.54) is 119 Å². The molecular weight excluding hydrogens is 766 g/mol. The molecule has 0 saturated carbocycles. The standard InChI is InChI=1S/C32H36B.C12H28N4.C6H6.C5H6N.Mg/c1-21-9-22(2)14-29(13-21)33(30-15-23(3)10-24(4)16-30,31-17-25(5)11-26(6)18-31)32-19-27(7)12-28(8)20-32;1-13-5-7-14(2)9-11-16(4)12-10-15(3)8-6-13;2*1-2-4-6-5-3-1;/h9-20H,1-8H3;5-12H2,1-4H3;1-6H;1-4H,5H2;/q-1;;;-1;+2. The van der Waals surface area contributed by atoms with Crippen molar-refractivity contribution in [2.75, 3.05) is 87.1 Å². The van der Waals surface area contributed by atoms with Gasteiger partial charge in [-0.2, -0.15) is 28.1 Å². The van der Waals surface area contributed by atoms with E-state index in [0.29, 0.717) is 0 Å². The summed E-state index contributed by atoms with van der Waals surface area (Å²) in [4.78, 5) is 9.72. The van der Waals surface area contributed by atoms with E-state index in [-0.39, 0.29) is 23.1 Å². The quantitative estimate of drug-likeness (QED) is 0.172. The zero-order valence-electron chi connectivity index (χ0n) is 40.6. The molecule has 0 radical (unpaired) electrons. The summed E-state index contributed by atoms with van der Waals surface area (Å²) in [6, 6.07) is 40.5. The van der Waals surface area contributed by atoms with Crippen molar-refractivity contribution in [1.29, 1.82) is 0 Å². The third-order valence-corrected chi connectivity index (χ3v) is 11.7. The molecule has 0 aliphatic carbocycles. The minimum Gasteiger partial charge on any atom is -0.687 e. The SMILES string of the molecule is C1=CC[N-]C=C1.CN1CCN(C)CCN(C)CCN(C)CC1.Cc1cc(C)cc([B-](c2cc(C)cc(C)c2)(c2cc(C)cc(C)c2)c2cc(C)cc(C)c2)c1.[Mg+2].c1ccccc1. The van der Waals surface area contributed by atoms with Gasteiger partial charge in [0.25, 0.3) is 0 Å². The van der Waals surface area contributed by atoms with Crippen molar-refractivity contribution in [2.24, 2.45) is 0 Å². The molecule has 1 fully saturated rings. The number of hydrogen-bond donors (Lipinski definition) is 0. The first-order valence-electron chi connectivity index (χ1n) is 22.4. The summed E-state index contributed by atoms with van der Waals surface area (Å²) >= 11 is 0. The number of likely N-dealkylation sites (N-methyl/N-ethyl adjacent to an activating group) is 4. The Labute approximate surface area is 394 Å². The van der Waals surface area contributed by atoms with Crippen LogP contribution in [0.1, 0.15) is 44.5 Å². The van der Waals surface area contributed by atoms with Gasteiger partial charge in [-0.25, -0.2) is 0 Å². The normalized spacial score (nSPS) is 15.4. The first kappa shape index (κ1) is 52.4. The van der Waals surface area contributed by atoms with Gasteiger partial charge in [-0.05, 0) is 83.6 Å². The van der Waals surface area contributed by atoms with Gasteiger partial charge in [0.2, 0.25) is 0 Å². The van der Waals surface area contributed by atoms with Crippen LogP contribution >= 0.6 is 0 Å². The zero-order chi connectivity index (χ0) is 44.4. The predicted octanol–water partition coefficient (Wildman–Crippen LogP) is 8.01. The smallest absolute Gasteiger partial charge is 0.687 e. The van der Waals surface area contributed by atoms with Crippen LogP contribution in [0.15, 0.2) is 134 Å². The Kier molecular flexibility index (Phi) is 22.5. The summed E-state index contributed by atoms with van der Waals surface area (Å²) in [5, 5.41) is 3.91. The van der Waals surface area contributed by atoms with Gasteiger partial charge in [0.1, 0.15) is 6.15 Å². The Morgan fingerprint density at radius 1 is 0.355 bits per heavy atom. The molecule has 5 nitrogen and oxygen atoms in total.